The van der Waals surface area contributed by atoms with E-state index >= 15 is 0 Å². The highest BCUT2D eigenvalue weighted by molar-refractivity contribution is 5.69. The fourth-order valence-electron chi connectivity index (χ4n) is 6.66. The number of carbonyl (C=O) groups is 1. The summed E-state index contributed by atoms with van der Waals surface area (Å²) >= 11 is 0. The van der Waals surface area contributed by atoms with Crippen LogP contribution in [0.5, 0.6) is 0 Å². The summed E-state index contributed by atoms with van der Waals surface area (Å²) in [5, 5.41) is 0. The van der Waals surface area contributed by atoms with Crippen molar-refractivity contribution in [2.75, 3.05) is 53.1 Å². The number of hydrogen-bond donors (Lipinski definition) is 0. The van der Waals surface area contributed by atoms with Gasteiger partial charge in [0, 0.05) is 13.0 Å². The average Bonchev–Trinajstić information content (AvgIpc) is 3.08. The summed E-state index contributed by atoms with van der Waals surface area (Å²) in [6.07, 6.45) is 43.3. The van der Waals surface area contributed by atoms with Gasteiger partial charge in [-0.05, 0) is 64.2 Å². The van der Waals surface area contributed by atoms with Crippen molar-refractivity contribution in [2.24, 2.45) is 0 Å². The zero-order valence-electron chi connectivity index (χ0n) is 32.5. The monoisotopic (exact) mass is 677 g/mol. The Hall–Kier alpha value is -1.17. The number of rotatable bonds is 35. The van der Waals surface area contributed by atoms with Gasteiger partial charge >= 0.3 is 5.97 Å². The highest BCUT2D eigenvalue weighted by Gasteiger charge is 2.31. The normalized spacial score (nSPS) is 15.5. The molecule has 1 heterocycles. The molecule has 0 aliphatic carbocycles. The fourth-order valence-corrected chi connectivity index (χ4v) is 6.66. The van der Waals surface area contributed by atoms with Gasteiger partial charge in [-0.1, -0.05) is 141 Å². The summed E-state index contributed by atoms with van der Waals surface area (Å²) in [5.74, 6) is -0.0536. The molecule has 0 aromatic heterocycles. The quantitative estimate of drug-likeness (QED) is 0.0290. The highest BCUT2D eigenvalue weighted by atomic mass is 16.6. The maximum absolute atomic E-state index is 12.8. The molecule has 0 spiro atoms. The van der Waals surface area contributed by atoms with Crippen LogP contribution in [0.2, 0.25) is 0 Å². The van der Waals surface area contributed by atoms with Crippen molar-refractivity contribution in [1.29, 1.82) is 0 Å². The van der Waals surface area contributed by atoms with Crippen LogP contribution in [0, 0.1) is 0 Å². The number of carbonyl (C=O) groups excluding carboxylic acids is 1. The van der Waals surface area contributed by atoms with Crippen molar-refractivity contribution in [3.8, 4) is 0 Å². The van der Waals surface area contributed by atoms with Gasteiger partial charge in [0.05, 0.1) is 26.9 Å². The molecule has 0 aromatic rings. The van der Waals surface area contributed by atoms with E-state index in [9.17, 15) is 4.79 Å². The van der Waals surface area contributed by atoms with Gasteiger partial charge in [0.2, 0.25) is 0 Å². The Morgan fingerprint density at radius 3 is 1.50 bits per heavy atom. The molecule has 48 heavy (non-hydrogen) atoms. The first-order valence-corrected chi connectivity index (χ1v) is 21.1. The molecule has 0 saturated carbocycles. The molecule has 5 heteroatoms. The lowest BCUT2D eigenvalue weighted by molar-refractivity contribution is -0.919. The number of esters is 1. The van der Waals surface area contributed by atoms with Gasteiger partial charge in [-0.25, -0.2) is 0 Å². The Labute approximate surface area is 299 Å². The summed E-state index contributed by atoms with van der Waals surface area (Å²) in [7, 11) is 2.26. The summed E-state index contributed by atoms with van der Waals surface area (Å²) in [6.45, 7) is 10.1. The molecule has 0 amide bonds. The first-order chi connectivity index (χ1) is 23.6. The van der Waals surface area contributed by atoms with Crippen LogP contribution in [0.1, 0.15) is 187 Å². The van der Waals surface area contributed by atoms with Crippen LogP contribution in [0.15, 0.2) is 24.3 Å². The fraction of sp³-hybridized carbons (Fsp3) is 0.884. The van der Waals surface area contributed by atoms with Crippen LogP contribution in [0.3, 0.4) is 0 Å². The highest BCUT2D eigenvalue weighted by Crippen LogP contribution is 2.15. The van der Waals surface area contributed by atoms with Gasteiger partial charge in [0.1, 0.15) is 19.6 Å². The lowest BCUT2D eigenvalue weighted by Gasteiger charge is -2.39. The smallest absolute Gasteiger partial charge is 0.306 e. The topological polar surface area (TPSA) is 44.8 Å². The molecular weight excluding hydrogens is 594 g/mol. The molecule has 1 rings (SSSR count). The molecule has 1 fully saturated rings. The number of quaternary nitrogens is 1. The number of hydrogen-bond acceptors (Lipinski definition) is 4. The molecular formula is C43H82NO4+. The van der Waals surface area contributed by atoms with Crippen molar-refractivity contribution in [2.45, 2.75) is 193 Å². The molecule has 5 nitrogen and oxygen atoms in total. The number of nitrogens with zero attached hydrogens (tertiary/aromatic N) is 1. The second-order valence-electron chi connectivity index (χ2n) is 15.0. The Kier molecular flexibility index (Phi) is 32.0. The Morgan fingerprint density at radius 1 is 0.604 bits per heavy atom. The number of unbranched alkanes of at least 4 members (excludes halogenated alkanes) is 22. The Balaban J connectivity index is 2.12. The van der Waals surface area contributed by atoms with Crippen LogP contribution in [0.25, 0.3) is 0 Å². The third-order valence-electron chi connectivity index (χ3n) is 9.99. The minimum absolute atomic E-state index is 0.0536. The van der Waals surface area contributed by atoms with Crippen LogP contribution in [0.4, 0.5) is 0 Å². The van der Waals surface area contributed by atoms with Crippen molar-refractivity contribution < 1.29 is 23.5 Å². The summed E-state index contributed by atoms with van der Waals surface area (Å²) in [4.78, 5) is 12.8. The van der Waals surface area contributed by atoms with E-state index < -0.39 is 0 Å². The predicted molar refractivity (Wildman–Crippen MR) is 207 cm³/mol. The third-order valence-corrected chi connectivity index (χ3v) is 9.99. The van der Waals surface area contributed by atoms with Gasteiger partial charge in [-0.2, -0.15) is 0 Å². The Morgan fingerprint density at radius 2 is 1.02 bits per heavy atom. The number of morpholine rings is 1. The summed E-state index contributed by atoms with van der Waals surface area (Å²) < 4.78 is 18.6. The van der Waals surface area contributed by atoms with E-state index in [1.807, 2.05) is 0 Å². The molecule has 1 unspecified atom stereocenters. The first-order valence-electron chi connectivity index (χ1n) is 21.1. The molecule has 1 atom stereocenters. The van der Waals surface area contributed by atoms with Crippen LogP contribution in [-0.2, 0) is 19.0 Å². The van der Waals surface area contributed by atoms with Gasteiger partial charge in [0.25, 0.3) is 0 Å². The largest absolute Gasteiger partial charge is 0.454 e. The SMILES string of the molecule is CCCCCCCC/C=C\CCCCCCCOCC(C[N+]1(C)CCOCC1)OC(=O)CCCCCCC/C=C\CCCCCCCC. The number of allylic oxidation sites excluding steroid dienone is 4. The molecule has 0 N–H and O–H groups in total. The van der Waals surface area contributed by atoms with Gasteiger partial charge in [0.15, 0.2) is 6.10 Å². The predicted octanol–water partition coefficient (Wildman–Crippen LogP) is 12.1. The lowest BCUT2D eigenvalue weighted by Crippen LogP contribution is -2.56. The van der Waals surface area contributed by atoms with Gasteiger partial charge in [-0.3, -0.25) is 4.79 Å². The minimum atomic E-state index is -0.174. The van der Waals surface area contributed by atoms with Crippen molar-refractivity contribution >= 4 is 5.97 Å². The molecule has 0 aromatic carbocycles. The number of likely N-dealkylation sites (N-methyl/N-ethyl adjacent to an activating group) is 1. The minimum Gasteiger partial charge on any atom is -0.454 e. The van der Waals surface area contributed by atoms with E-state index in [-0.39, 0.29) is 12.1 Å². The number of ether oxygens (including phenoxy) is 3. The van der Waals surface area contributed by atoms with Crippen molar-refractivity contribution in [1.82, 2.24) is 0 Å². The van der Waals surface area contributed by atoms with Gasteiger partial charge < -0.3 is 18.7 Å². The van der Waals surface area contributed by atoms with E-state index in [4.69, 9.17) is 14.2 Å². The maximum atomic E-state index is 12.8. The molecule has 282 valence electrons. The lowest BCUT2D eigenvalue weighted by atomic mass is 10.1. The van der Waals surface area contributed by atoms with Crippen molar-refractivity contribution in [3.63, 3.8) is 0 Å². The third kappa shape index (κ3) is 29.7. The summed E-state index contributed by atoms with van der Waals surface area (Å²) in [5.41, 5.74) is 0. The average molecular weight is 677 g/mol. The molecule has 0 bridgehead atoms. The van der Waals surface area contributed by atoms with Crippen LogP contribution < -0.4 is 0 Å². The van der Waals surface area contributed by atoms with E-state index in [2.05, 4.69) is 45.2 Å². The Bertz CT molecular complexity index is 745. The molecule has 0 radical (unpaired) electrons. The van der Waals surface area contributed by atoms with E-state index in [0.717, 1.165) is 63.2 Å². The van der Waals surface area contributed by atoms with Gasteiger partial charge in [-0.15, -0.1) is 0 Å². The zero-order chi connectivity index (χ0) is 34.6. The van der Waals surface area contributed by atoms with E-state index in [0.29, 0.717) is 13.0 Å². The van der Waals surface area contributed by atoms with E-state index in [1.54, 1.807) is 0 Å². The van der Waals surface area contributed by atoms with Crippen LogP contribution in [-0.4, -0.2) is 69.7 Å². The second kappa shape index (κ2) is 34.3. The first kappa shape index (κ1) is 44.9. The molecule has 1 aliphatic heterocycles. The molecule has 1 aliphatic rings. The summed E-state index contributed by atoms with van der Waals surface area (Å²) in [6, 6.07) is 0. The second-order valence-corrected chi connectivity index (χ2v) is 15.0. The standard InChI is InChI=1S/C43H82NO4/c1-4-6-8-10-12-14-16-18-20-22-24-26-28-30-32-34-43(45)48-42(40-44(3)35-38-46-39-36-44)41-47-37-33-31-29-27-25-23-21-19-17-15-13-11-9-7-5-2/h18-21,42H,4-17,22-41H2,1-3H3/q+1/b20-18-,21-19-. The molecule has 1 saturated heterocycles. The maximum Gasteiger partial charge on any atom is 0.306 e. The van der Waals surface area contributed by atoms with Crippen LogP contribution >= 0.6 is 0 Å². The zero-order valence-corrected chi connectivity index (χ0v) is 32.5. The van der Waals surface area contributed by atoms with Crippen molar-refractivity contribution in [3.05, 3.63) is 24.3 Å². The van der Waals surface area contributed by atoms with E-state index in [1.165, 1.54) is 148 Å².